The molecule has 0 unspecified atom stereocenters. The molecular weight excluding hydrogens is 188 g/mol. The van der Waals surface area contributed by atoms with Gasteiger partial charge in [-0.2, -0.15) is 0 Å². The summed E-state index contributed by atoms with van der Waals surface area (Å²) in [6, 6.07) is 0. The molecule has 1 heterocycles. The van der Waals surface area contributed by atoms with Crippen molar-refractivity contribution in [3.63, 3.8) is 0 Å². The predicted octanol–water partition coefficient (Wildman–Crippen LogP) is 0.452. The van der Waals surface area contributed by atoms with Crippen LogP contribution in [0.2, 0.25) is 0 Å². The standard InChI is InChI=1S/C9H14O5/c10-7-3-4-12-8(7)5-13-9(11)14-6-1-2-6/h6-8,10H,1-5H2/t7-,8+/m0/s1. The van der Waals surface area contributed by atoms with Crippen LogP contribution in [0.1, 0.15) is 19.3 Å². The first-order chi connectivity index (χ1) is 6.75. The lowest BCUT2D eigenvalue weighted by molar-refractivity contribution is -0.0241. The van der Waals surface area contributed by atoms with Crippen LogP contribution in [0.15, 0.2) is 0 Å². The van der Waals surface area contributed by atoms with Crippen molar-refractivity contribution >= 4 is 6.16 Å². The summed E-state index contributed by atoms with van der Waals surface area (Å²) in [5.74, 6) is 0. The monoisotopic (exact) mass is 202 g/mol. The van der Waals surface area contributed by atoms with Crippen LogP contribution in [0.4, 0.5) is 4.79 Å². The second-order valence-electron chi connectivity index (χ2n) is 3.64. The van der Waals surface area contributed by atoms with Crippen LogP contribution >= 0.6 is 0 Å². The van der Waals surface area contributed by atoms with E-state index in [1.165, 1.54) is 0 Å². The number of rotatable bonds is 3. The summed E-state index contributed by atoms with van der Waals surface area (Å²) in [7, 11) is 0. The van der Waals surface area contributed by atoms with Gasteiger partial charge in [0, 0.05) is 6.61 Å². The summed E-state index contributed by atoms with van der Waals surface area (Å²) in [6.07, 6.45) is 0.943. The zero-order chi connectivity index (χ0) is 9.97. The third kappa shape index (κ3) is 2.59. The maximum atomic E-state index is 11.0. The molecule has 5 heteroatoms. The Morgan fingerprint density at radius 2 is 2.21 bits per heavy atom. The van der Waals surface area contributed by atoms with Gasteiger partial charge in [-0.3, -0.25) is 0 Å². The summed E-state index contributed by atoms with van der Waals surface area (Å²) in [5.41, 5.74) is 0. The molecule has 2 fully saturated rings. The number of hydrogen-bond acceptors (Lipinski definition) is 5. The summed E-state index contributed by atoms with van der Waals surface area (Å²) in [6.45, 7) is 0.597. The summed E-state index contributed by atoms with van der Waals surface area (Å²) >= 11 is 0. The lowest BCUT2D eigenvalue weighted by Gasteiger charge is -2.13. The zero-order valence-electron chi connectivity index (χ0n) is 7.85. The third-order valence-electron chi connectivity index (χ3n) is 2.33. The Hall–Kier alpha value is -0.810. The van der Waals surface area contributed by atoms with Gasteiger partial charge in [-0.15, -0.1) is 0 Å². The summed E-state index contributed by atoms with van der Waals surface area (Å²) < 4.78 is 14.8. The van der Waals surface area contributed by atoms with Crippen molar-refractivity contribution in [2.45, 2.75) is 37.6 Å². The van der Waals surface area contributed by atoms with Crippen LogP contribution in [0.25, 0.3) is 0 Å². The van der Waals surface area contributed by atoms with Crippen molar-refractivity contribution in [2.75, 3.05) is 13.2 Å². The molecule has 0 aromatic heterocycles. The SMILES string of the molecule is O=C(OC[C@H]1OCC[C@@H]1O)OC1CC1. The molecule has 14 heavy (non-hydrogen) atoms. The summed E-state index contributed by atoms with van der Waals surface area (Å²) in [5, 5.41) is 9.34. The zero-order valence-corrected chi connectivity index (χ0v) is 7.85. The number of hydrogen-bond donors (Lipinski definition) is 1. The van der Waals surface area contributed by atoms with Gasteiger partial charge in [0.2, 0.25) is 0 Å². The van der Waals surface area contributed by atoms with Crippen LogP contribution in [0, 0.1) is 0 Å². The van der Waals surface area contributed by atoms with Gasteiger partial charge in [-0.1, -0.05) is 0 Å². The average molecular weight is 202 g/mol. The lowest BCUT2D eigenvalue weighted by Crippen LogP contribution is -2.28. The molecule has 1 saturated carbocycles. The van der Waals surface area contributed by atoms with Crippen LogP contribution in [-0.4, -0.2) is 42.8 Å². The molecule has 0 bridgehead atoms. The van der Waals surface area contributed by atoms with Crippen LogP contribution in [-0.2, 0) is 14.2 Å². The number of carbonyl (C=O) groups excluding carboxylic acids is 1. The highest BCUT2D eigenvalue weighted by molar-refractivity contribution is 5.60. The first-order valence-corrected chi connectivity index (χ1v) is 4.89. The van der Waals surface area contributed by atoms with E-state index >= 15 is 0 Å². The Bertz CT molecular complexity index is 213. The lowest BCUT2D eigenvalue weighted by atomic mass is 10.2. The molecule has 1 aliphatic carbocycles. The van der Waals surface area contributed by atoms with Crippen molar-refractivity contribution in [3.8, 4) is 0 Å². The van der Waals surface area contributed by atoms with Gasteiger partial charge in [0.25, 0.3) is 0 Å². The van der Waals surface area contributed by atoms with Crippen molar-refractivity contribution in [1.29, 1.82) is 0 Å². The van der Waals surface area contributed by atoms with E-state index in [2.05, 4.69) is 0 Å². The molecule has 2 aliphatic rings. The molecule has 2 rings (SSSR count). The molecule has 0 amide bonds. The maximum absolute atomic E-state index is 11.0. The van der Waals surface area contributed by atoms with Gasteiger partial charge >= 0.3 is 6.16 Å². The molecule has 5 nitrogen and oxygen atoms in total. The molecule has 0 radical (unpaired) electrons. The molecule has 1 N–H and O–H groups in total. The first-order valence-electron chi connectivity index (χ1n) is 4.89. The Morgan fingerprint density at radius 3 is 2.79 bits per heavy atom. The van der Waals surface area contributed by atoms with Crippen LogP contribution < -0.4 is 0 Å². The van der Waals surface area contributed by atoms with Crippen LogP contribution in [0.3, 0.4) is 0 Å². The molecule has 2 atom stereocenters. The van der Waals surface area contributed by atoms with Crippen LogP contribution in [0.5, 0.6) is 0 Å². The van der Waals surface area contributed by atoms with Crippen molar-refractivity contribution in [1.82, 2.24) is 0 Å². The van der Waals surface area contributed by atoms with Gasteiger partial charge in [-0.25, -0.2) is 4.79 Å². The van der Waals surface area contributed by atoms with E-state index in [0.29, 0.717) is 13.0 Å². The Morgan fingerprint density at radius 1 is 1.43 bits per heavy atom. The average Bonchev–Trinajstić information content (AvgIpc) is 2.86. The minimum Gasteiger partial charge on any atom is -0.431 e. The molecular formula is C9H14O5. The van der Waals surface area contributed by atoms with Crippen molar-refractivity contribution in [3.05, 3.63) is 0 Å². The largest absolute Gasteiger partial charge is 0.508 e. The van der Waals surface area contributed by atoms with E-state index in [0.717, 1.165) is 12.8 Å². The van der Waals surface area contributed by atoms with E-state index < -0.39 is 12.3 Å². The van der Waals surface area contributed by atoms with Gasteiger partial charge in [0.1, 0.15) is 18.8 Å². The Balaban J connectivity index is 1.62. The quantitative estimate of drug-likeness (QED) is 0.673. The number of carbonyl (C=O) groups is 1. The minimum atomic E-state index is -0.657. The van der Waals surface area contributed by atoms with Gasteiger partial charge < -0.3 is 19.3 Å². The molecule has 1 aliphatic heterocycles. The fourth-order valence-electron chi connectivity index (χ4n) is 1.30. The molecule has 0 aromatic carbocycles. The normalized spacial score (nSPS) is 31.5. The Labute approximate surface area is 81.9 Å². The van der Waals surface area contributed by atoms with E-state index in [4.69, 9.17) is 14.2 Å². The smallest absolute Gasteiger partial charge is 0.431 e. The number of aliphatic hydroxyl groups excluding tert-OH is 1. The van der Waals surface area contributed by atoms with E-state index in [1.54, 1.807) is 0 Å². The fourth-order valence-corrected chi connectivity index (χ4v) is 1.30. The molecule has 80 valence electrons. The van der Waals surface area contributed by atoms with Gasteiger partial charge in [-0.05, 0) is 19.3 Å². The van der Waals surface area contributed by atoms with Gasteiger partial charge in [0.05, 0.1) is 6.10 Å². The molecule has 1 saturated heterocycles. The number of ether oxygens (including phenoxy) is 3. The number of aliphatic hydroxyl groups is 1. The summed E-state index contributed by atoms with van der Waals surface area (Å²) in [4.78, 5) is 11.0. The second-order valence-corrected chi connectivity index (χ2v) is 3.64. The van der Waals surface area contributed by atoms with E-state index in [9.17, 15) is 9.90 Å². The molecule has 0 aromatic rings. The van der Waals surface area contributed by atoms with E-state index in [-0.39, 0.29) is 18.8 Å². The van der Waals surface area contributed by atoms with E-state index in [1.807, 2.05) is 0 Å². The highest BCUT2D eigenvalue weighted by Crippen LogP contribution is 2.24. The fraction of sp³-hybridized carbons (Fsp3) is 0.889. The predicted molar refractivity (Wildman–Crippen MR) is 45.8 cm³/mol. The topological polar surface area (TPSA) is 65.0 Å². The maximum Gasteiger partial charge on any atom is 0.508 e. The minimum absolute atomic E-state index is 0.0527. The third-order valence-corrected chi connectivity index (χ3v) is 2.33. The highest BCUT2D eigenvalue weighted by Gasteiger charge is 2.30. The highest BCUT2D eigenvalue weighted by atomic mass is 16.7. The van der Waals surface area contributed by atoms with Crippen molar-refractivity contribution < 1.29 is 24.1 Å². The molecule has 0 spiro atoms. The first kappa shape index (κ1) is 9.73. The van der Waals surface area contributed by atoms with Gasteiger partial charge in [0.15, 0.2) is 0 Å². The van der Waals surface area contributed by atoms with Crippen molar-refractivity contribution in [2.24, 2.45) is 0 Å². The second kappa shape index (κ2) is 4.14. The Kier molecular flexibility index (Phi) is 2.88.